The van der Waals surface area contributed by atoms with Crippen molar-refractivity contribution in [3.05, 3.63) is 235 Å². The summed E-state index contributed by atoms with van der Waals surface area (Å²) in [5.41, 5.74) is 21.7. The minimum atomic E-state index is 0. The number of hydrogen-bond donors (Lipinski definition) is 0. The van der Waals surface area contributed by atoms with Gasteiger partial charge in [0.05, 0.1) is 0 Å². The molecule has 10 aromatic rings. The summed E-state index contributed by atoms with van der Waals surface area (Å²) >= 11 is 0. The normalized spacial score (nSPS) is 12.4. The second-order valence-corrected chi connectivity index (χ2v) is 21.6. The van der Waals surface area contributed by atoms with Gasteiger partial charge in [0, 0.05) is 58.2 Å². The third-order valence-electron chi connectivity index (χ3n) is 15.4. The van der Waals surface area contributed by atoms with Gasteiger partial charge in [-0.3, -0.25) is 0 Å². The van der Waals surface area contributed by atoms with Crippen LogP contribution in [0.15, 0.2) is 201 Å². The van der Waals surface area contributed by atoms with E-state index in [4.69, 9.17) is 29.2 Å². The second-order valence-electron chi connectivity index (χ2n) is 21.6. The van der Waals surface area contributed by atoms with Gasteiger partial charge in [0.25, 0.3) is 0 Å². The van der Waals surface area contributed by atoms with Crippen LogP contribution < -0.4 is 0 Å². The Kier molecular flexibility index (Phi) is 20.9. The minimum Gasteiger partial charge on any atom is -0.386 e. The van der Waals surface area contributed by atoms with E-state index in [0.29, 0.717) is 37.6 Å². The van der Waals surface area contributed by atoms with Crippen LogP contribution in [0.1, 0.15) is 77.5 Å². The van der Waals surface area contributed by atoms with Crippen molar-refractivity contribution in [2.24, 2.45) is 17.8 Å². The van der Waals surface area contributed by atoms with E-state index in [1.54, 1.807) is 0 Å². The molecule has 0 radical (unpaired) electrons. The number of ether oxygens (including phenoxy) is 3. The quantitative estimate of drug-likeness (QED) is 0.0562. The van der Waals surface area contributed by atoms with Crippen LogP contribution in [0.3, 0.4) is 0 Å². The van der Waals surface area contributed by atoms with E-state index in [0.717, 1.165) is 156 Å². The molecule has 7 aromatic carbocycles. The summed E-state index contributed by atoms with van der Waals surface area (Å²) in [6.45, 7) is 17.2. The van der Waals surface area contributed by atoms with Gasteiger partial charge in [0.15, 0.2) is 0 Å². The molecule has 0 saturated carbocycles. The van der Waals surface area contributed by atoms with Crippen LogP contribution in [-0.2, 0) is 54.1 Å². The largest absolute Gasteiger partial charge is 3.00 e. The number of hydrogen-bond acceptors (Lipinski definition) is 6. The van der Waals surface area contributed by atoms with Gasteiger partial charge in [-0.2, -0.15) is 0 Å². The zero-order valence-electron chi connectivity index (χ0n) is 48.0. The summed E-state index contributed by atoms with van der Waals surface area (Å²) < 4.78 is 17.9. The maximum absolute atomic E-state index is 5.97. The maximum Gasteiger partial charge on any atom is 3.00 e. The number of aromatic nitrogens is 3. The molecule has 0 N–H and O–H groups in total. The molecule has 0 aliphatic rings. The number of rotatable bonds is 24. The summed E-state index contributed by atoms with van der Waals surface area (Å²) in [5, 5.41) is 0. The average Bonchev–Trinajstić information content (AvgIpc) is 3.72. The predicted octanol–water partition coefficient (Wildman–Crippen LogP) is 19.0. The van der Waals surface area contributed by atoms with Gasteiger partial charge >= 0.3 is 20.1 Å². The molecule has 0 spiro atoms. The Morgan fingerprint density at radius 2 is 0.610 bits per heavy atom. The average molecular weight is 1260 g/mol. The van der Waals surface area contributed by atoms with Crippen LogP contribution >= 0.6 is 0 Å². The first-order valence-electron chi connectivity index (χ1n) is 28.8. The molecule has 3 heterocycles. The smallest absolute Gasteiger partial charge is 0.386 e. The van der Waals surface area contributed by atoms with Crippen LogP contribution in [0.5, 0.6) is 0 Å². The van der Waals surface area contributed by atoms with E-state index in [2.05, 4.69) is 224 Å². The molecule has 6 nitrogen and oxygen atoms in total. The Morgan fingerprint density at radius 1 is 0.341 bits per heavy atom. The van der Waals surface area contributed by atoms with E-state index < -0.39 is 0 Å². The zero-order valence-corrected chi connectivity index (χ0v) is 50.4. The first-order valence-corrected chi connectivity index (χ1v) is 28.8. The summed E-state index contributed by atoms with van der Waals surface area (Å²) in [5.74, 6) is 1.62. The van der Waals surface area contributed by atoms with Gasteiger partial charge in [-0.1, -0.05) is 170 Å². The predicted molar refractivity (Wildman–Crippen MR) is 333 cm³/mol. The third-order valence-corrected chi connectivity index (χ3v) is 15.4. The van der Waals surface area contributed by atoms with Gasteiger partial charge in [-0.15, -0.1) is 106 Å². The van der Waals surface area contributed by atoms with Crippen molar-refractivity contribution in [2.45, 2.75) is 80.6 Å². The molecule has 10 rings (SSSR count). The first-order chi connectivity index (χ1) is 39.7. The summed E-state index contributed by atoms with van der Waals surface area (Å²) in [7, 11) is 0. The van der Waals surface area contributed by atoms with Gasteiger partial charge in [0.2, 0.25) is 0 Å². The summed E-state index contributed by atoms with van der Waals surface area (Å²) in [6, 6.07) is 74.8. The standard InChI is InChI=1S/C75H72N3O3.Ir/c1-7-52(4)46-79-49-55-22-28-58(29-23-55)73-37-34-61(43-76-73)67-16-10-13-19-70(67)64-40-65(71-20-14-11-17-68(71)62-35-38-74(77-44-62)59-30-24-56(25-31-59)50-80-47-53(5)8-2)42-66(41-64)72-21-15-12-18-69(72)63-36-39-75(78-45-63)60-32-26-57(27-33-60)51-81-48-54(6)9-3;/h10-28,30,32,34-45,52-54H,7-9,46-51H2,1-6H3;/q-3;+3. The van der Waals surface area contributed by atoms with E-state index in [1.165, 1.54) is 0 Å². The fraction of sp³-hybridized carbons (Fsp3) is 0.240. The van der Waals surface area contributed by atoms with Crippen LogP contribution in [0.25, 0.3) is 101 Å². The van der Waals surface area contributed by atoms with Crippen molar-refractivity contribution in [3.8, 4) is 101 Å². The Bertz CT molecular complexity index is 3210. The van der Waals surface area contributed by atoms with E-state index in [-0.39, 0.29) is 20.1 Å². The number of nitrogens with zero attached hydrogens (tertiary/aromatic N) is 3. The molecule has 0 fully saturated rings. The summed E-state index contributed by atoms with van der Waals surface area (Å²) in [4.78, 5) is 15.0. The molecule has 3 aromatic heterocycles. The molecule has 0 amide bonds. The molecule has 0 aliphatic carbocycles. The fourth-order valence-electron chi connectivity index (χ4n) is 9.80. The number of pyridine rings is 3. The van der Waals surface area contributed by atoms with Crippen molar-refractivity contribution in [2.75, 3.05) is 19.8 Å². The Morgan fingerprint density at radius 3 is 0.829 bits per heavy atom. The van der Waals surface area contributed by atoms with E-state index >= 15 is 0 Å². The molecule has 3 atom stereocenters. The molecular formula is C75H72IrN3O3. The summed E-state index contributed by atoms with van der Waals surface area (Å²) in [6.07, 6.45) is 9.27. The molecule has 414 valence electrons. The molecular weight excluding hydrogens is 1180 g/mol. The Hall–Kier alpha value is -7.48. The van der Waals surface area contributed by atoms with Crippen LogP contribution in [0.2, 0.25) is 0 Å². The molecule has 0 saturated heterocycles. The van der Waals surface area contributed by atoms with Crippen LogP contribution in [0, 0.1) is 36.0 Å². The monoisotopic (exact) mass is 1260 g/mol. The van der Waals surface area contributed by atoms with Crippen molar-refractivity contribution in [1.29, 1.82) is 0 Å². The molecule has 7 heteroatoms. The first kappa shape index (κ1) is 59.2. The van der Waals surface area contributed by atoms with Crippen molar-refractivity contribution >= 4 is 0 Å². The Balaban J connectivity index is 0.00000810. The fourth-order valence-corrected chi connectivity index (χ4v) is 9.80. The second kappa shape index (κ2) is 29.0. The van der Waals surface area contributed by atoms with Gasteiger partial charge in [0.1, 0.15) is 0 Å². The third kappa shape index (κ3) is 14.9. The number of benzene rings is 7. The van der Waals surface area contributed by atoms with Crippen molar-refractivity contribution < 1.29 is 34.3 Å². The van der Waals surface area contributed by atoms with Gasteiger partial charge < -0.3 is 29.2 Å². The van der Waals surface area contributed by atoms with Crippen molar-refractivity contribution in [3.63, 3.8) is 0 Å². The van der Waals surface area contributed by atoms with Gasteiger partial charge in [-0.05, 0) is 120 Å². The van der Waals surface area contributed by atoms with Crippen molar-refractivity contribution in [1.82, 2.24) is 15.0 Å². The van der Waals surface area contributed by atoms with Gasteiger partial charge in [-0.25, -0.2) is 0 Å². The zero-order chi connectivity index (χ0) is 55.9. The molecule has 82 heavy (non-hydrogen) atoms. The molecule has 3 unspecified atom stereocenters. The van der Waals surface area contributed by atoms with E-state index in [1.807, 2.05) is 36.8 Å². The maximum atomic E-state index is 5.97. The topological polar surface area (TPSA) is 66.4 Å². The molecule has 0 aliphatic heterocycles. The van der Waals surface area contributed by atoms with Crippen LogP contribution in [0.4, 0.5) is 0 Å². The van der Waals surface area contributed by atoms with Crippen LogP contribution in [-0.4, -0.2) is 34.8 Å². The Labute approximate surface area is 500 Å². The minimum absolute atomic E-state index is 0. The van der Waals surface area contributed by atoms with E-state index in [9.17, 15) is 0 Å². The SMILES string of the molecule is CCC(C)COCc1c[c-]c(-c2ccc(-c3ccccc3-c3cc(-c4ccccc4-c4ccc(-c5[c-]cc(COCC(C)CC)cc5)nc4)cc(-c4ccccc4-c4ccc(-c5[c-]cc(COCC(C)CC)cc5)nc4)c3)cn2)cc1.[Ir+3]. The molecule has 0 bridgehead atoms.